The summed E-state index contributed by atoms with van der Waals surface area (Å²) in [5.41, 5.74) is 0. The van der Waals surface area contributed by atoms with Gasteiger partial charge in [-0.3, -0.25) is 9.69 Å². The molecule has 1 aromatic rings. The highest BCUT2D eigenvalue weighted by Crippen LogP contribution is 2.27. The van der Waals surface area contributed by atoms with Gasteiger partial charge in [-0.05, 0) is 53.9 Å². The van der Waals surface area contributed by atoms with Crippen LogP contribution in [0, 0.1) is 5.92 Å². The summed E-state index contributed by atoms with van der Waals surface area (Å²) in [6, 6.07) is 4.13. The van der Waals surface area contributed by atoms with Crippen molar-refractivity contribution >= 4 is 33.2 Å². The first-order valence-electron chi connectivity index (χ1n) is 5.83. The van der Waals surface area contributed by atoms with Gasteiger partial charge in [0.2, 0.25) is 5.91 Å². The predicted octanol–water partition coefficient (Wildman–Crippen LogP) is 2.47. The van der Waals surface area contributed by atoms with Gasteiger partial charge < -0.3 is 5.32 Å². The second-order valence-corrected chi connectivity index (χ2v) is 7.17. The zero-order valence-corrected chi connectivity index (χ0v) is 12.3. The minimum atomic E-state index is 0.134. The lowest BCUT2D eigenvalue weighted by molar-refractivity contribution is -0.122. The van der Waals surface area contributed by atoms with Crippen molar-refractivity contribution in [3.8, 4) is 0 Å². The number of halogens is 1. The fourth-order valence-electron chi connectivity index (χ4n) is 1.64. The highest BCUT2D eigenvalue weighted by Gasteiger charge is 2.21. The summed E-state index contributed by atoms with van der Waals surface area (Å²) >= 11 is 5.16. The minimum Gasteiger partial charge on any atom is -0.355 e. The van der Waals surface area contributed by atoms with Crippen LogP contribution in [0.4, 0.5) is 0 Å². The number of hydrogen-bond donors (Lipinski definition) is 1. The summed E-state index contributed by atoms with van der Waals surface area (Å²) in [5, 5.41) is 2.98. The molecule has 1 fully saturated rings. The Kier molecular flexibility index (Phi) is 4.59. The molecule has 1 amide bonds. The van der Waals surface area contributed by atoms with Gasteiger partial charge >= 0.3 is 0 Å². The fourth-order valence-corrected chi connectivity index (χ4v) is 3.20. The Morgan fingerprint density at radius 2 is 2.35 bits per heavy atom. The van der Waals surface area contributed by atoms with E-state index in [9.17, 15) is 4.79 Å². The lowest BCUT2D eigenvalue weighted by atomic mass is 10.4. The number of amides is 1. The molecule has 3 nitrogen and oxygen atoms in total. The normalized spacial score (nSPS) is 15.2. The Morgan fingerprint density at radius 1 is 1.59 bits per heavy atom. The number of nitrogens with zero attached hydrogens (tertiary/aromatic N) is 1. The van der Waals surface area contributed by atoms with E-state index in [2.05, 4.69) is 27.3 Å². The number of likely N-dealkylation sites (N-methyl/N-ethyl adjacent to an activating group) is 1. The SMILES string of the molecule is CN(CC(=O)NCC1CC1)Cc1ccc(Br)s1. The van der Waals surface area contributed by atoms with Crippen LogP contribution in [0.2, 0.25) is 0 Å². The third kappa shape index (κ3) is 4.77. The number of hydrogen-bond acceptors (Lipinski definition) is 3. The molecule has 0 saturated heterocycles. The van der Waals surface area contributed by atoms with Gasteiger partial charge in [0, 0.05) is 18.0 Å². The molecule has 1 aromatic heterocycles. The van der Waals surface area contributed by atoms with Crippen molar-refractivity contribution in [1.29, 1.82) is 0 Å². The largest absolute Gasteiger partial charge is 0.355 e. The van der Waals surface area contributed by atoms with Gasteiger partial charge in [-0.2, -0.15) is 0 Å². The Hall–Kier alpha value is -0.390. The summed E-state index contributed by atoms with van der Waals surface area (Å²) < 4.78 is 1.14. The van der Waals surface area contributed by atoms with Crippen LogP contribution in [0.3, 0.4) is 0 Å². The van der Waals surface area contributed by atoms with Gasteiger partial charge in [0.25, 0.3) is 0 Å². The number of nitrogens with one attached hydrogen (secondary N) is 1. The molecule has 0 radical (unpaired) electrons. The minimum absolute atomic E-state index is 0.134. The highest BCUT2D eigenvalue weighted by molar-refractivity contribution is 9.11. The summed E-state index contributed by atoms with van der Waals surface area (Å²) in [7, 11) is 1.98. The number of rotatable bonds is 6. The second-order valence-electron chi connectivity index (χ2n) is 4.63. The molecule has 17 heavy (non-hydrogen) atoms. The fraction of sp³-hybridized carbons (Fsp3) is 0.583. The predicted molar refractivity (Wildman–Crippen MR) is 74.1 cm³/mol. The van der Waals surface area contributed by atoms with E-state index in [1.807, 2.05) is 18.0 Å². The lowest BCUT2D eigenvalue weighted by Gasteiger charge is -2.15. The van der Waals surface area contributed by atoms with Crippen molar-refractivity contribution in [2.45, 2.75) is 19.4 Å². The number of carbonyl (C=O) groups excluding carboxylic acids is 1. The smallest absolute Gasteiger partial charge is 0.234 e. The van der Waals surface area contributed by atoms with Gasteiger partial charge in [0.1, 0.15) is 0 Å². The summed E-state index contributed by atoms with van der Waals surface area (Å²) in [5.74, 6) is 0.882. The molecule has 1 aliphatic carbocycles. The van der Waals surface area contributed by atoms with Gasteiger partial charge in [0.05, 0.1) is 10.3 Å². The first kappa shape index (κ1) is 13.1. The molecule has 5 heteroatoms. The molecular weight excluding hydrogens is 300 g/mol. The van der Waals surface area contributed by atoms with Crippen LogP contribution in [-0.4, -0.2) is 30.9 Å². The van der Waals surface area contributed by atoms with Crippen LogP contribution in [0.25, 0.3) is 0 Å². The monoisotopic (exact) mass is 316 g/mol. The van der Waals surface area contributed by atoms with Crippen LogP contribution >= 0.6 is 27.3 Å². The summed E-state index contributed by atoms with van der Waals surface area (Å²) in [4.78, 5) is 14.9. The van der Waals surface area contributed by atoms with E-state index in [4.69, 9.17) is 0 Å². The van der Waals surface area contributed by atoms with Crippen molar-refractivity contribution in [3.63, 3.8) is 0 Å². The van der Waals surface area contributed by atoms with Gasteiger partial charge in [-0.25, -0.2) is 0 Å². The Bertz CT molecular complexity index is 390. The molecule has 0 spiro atoms. The van der Waals surface area contributed by atoms with E-state index >= 15 is 0 Å². The molecular formula is C12H17BrN2OS. The van der Waals surface area contributed by atoms with Crippen LogP contribution in [0.15, 0.2) is 15.9 Å². The zero-order chi connectivity index (χ0) is 12.3. The van der Waals surface area contributed by atoms with E-state index in [0.717, 1.165) is 22.8 Å². The van der Waals surface area contributed by atoms with Gasteiger partial charge in [0.15, 0.2) is 0 Å². The van der Waals surface area contributed by atoms with Gasteiger partial charge in [-0.1, -0.05) is 0 Å². The van der Waals surface area contributed by atoms with Crippen molar-refractivity contribution in [1.82, 2.24) is 10.2 Å². The molecule has 2 rings (SSSR count). The highest BCUT2D eigenvalue weighted by atomic mass is 79.9. The standard InChI is InChI=1S/C12H17BrN2OS/c1-15(7-10-4-5-11(13)17-10)8-12(16)14-6-9-2-3-9/h4-5,9H,2-3,6-8H2,1H3,(H,14,16). The molecule has 0 bridgehead atoms. The van der Waals surface area contributed by atoms with Crippen LogP contribution < -0.4 is 5.32 Å². The Balaban J connectivity index is 1.68. The molecule has 0 atom stereocenters. The first-order valence-corrected chi connectivity index (χ1v) is 7.44. The maximum Gasteiger partial charge on any atom is 0.234 e. The van der Waals surface area contributed by atoms with E-state index in [1.54, 1.807) is 11.3 Å². The van der Waals surface area contributed by atoms with Crippen molar-refractivity contribution < 1.29 is 4.79 Å². The Morgan fingerprint density at radius 3 is 2.94 bits per heavy atom. The van der Waals surface area contributed by atoms with Crippen molar-refractivity contribution in [3.05, 3.63) is 20.8 Å². The quantitative estimate of drug-likeness (QED) is 0.874. The molecule has 0 unspecified atom stereocenters. The maximum absolute atomic E-state index is 11.6. The number of carbonyl (C=O) groups is 1. The third-order valence-corrected chi connectivity index (χ3v) is 4.36. The van der Waals surface area contributed by atoms with E-state index in [1.165, 1.54) is 17.7 Å². The van der Waals surface area contributed by atoms with Gasteiger partial charge in [-0.15, -0.1) is 11.3 Å². The molecule has 1 aliphatic rings. The maximum atomic E-state index is 11.6. The molecule has 1 N–H and O–H groups in total. The van der Waals surface area contributed by atoms with E-state index in [0.29, 0.717) is 6.54 Å². The lowest BCUT2D eigenvalue weighted by Crippen LogP contribution is -2.35. The molecule has 0 aliphatic heterocycles. The van der Waals surface area contributed by atoms with E-state index in [-0.39, 0.29) is 5.91 Å². The third-order valence-electron chi connectivity index (χ3n) is 2.75. The molecule has 94 valence electrons. The van der Waals surface area contributed by atoms with Crippen LogP contribution in [0.5, 0.6) is 0 Å². The summed E-state index contributed by atoms with van der Waals surface area (Å²) in [6.07, 6.45) is 2.55. The molecule has 0 aromatic carbocycles. The molecule has 1 heterocycles. The second kappa shape index (κ2) is 5.98. The topological polar surface area (TPSA) is 32.3 Å². The summed E-state index contributed by atoms with van der Waals surface area (Å²) in [6.45, 7) is 2.16. The first-order chi connectivity index (χ1) is 8.13. The van der Waals surface area contributed by atoms with E-state index < -0.39 is 0 Å². The van der Waals surface area contributed by atoms with Crippen molar-refractivity contribution in [2.24, 2.45) is 5.92 Å². The van der Waals surface area contributed by atoms with Crippen molar-refractivity contribution in [2.75, 3.05) is 20.1 Å². The average molecular weight is 317 g/mol. The number of thiophene rings is 1. The molecule has 1 saturated carbocycles. The van der Waals surface area contributed by atoms with Crippen LogP contribution in [-0.2, 0) is 11.3 Å². The zero-order valence-electron chi connectivity index (χ0n) is 9.91. The average Bonchev–Trinajstić information content (AvgIpc) is 3.00. The van der Waals surface area contributed by atoms with Crippen LogP contribution in [0.1, 0.15) is 17.7 Å². The Labute approximate surface area is 114 Å².